The quantitative estimate of drug-likeness (QED) is 0.722. The van der Waals surface area contributed by atoms with Gasteiger partial charge in [-0.2, -0.15) is 0 Å². The Morgan fingerprint density at radius 3 is 2.83 bits per heavy atom. The number of aromatic nitrogens is 1. The van der Waals surface area contributed by atoms with Gasteiger partial charge in [0.2, 0.25) is 0 Å². The number of rotatable bonds is 1. The molecule has 0 saturated heterocycles. The van der Waals surface area contributed by atoms with Crippen molar-refractivity contribution in [2.75, 3.05) is 0 Å². The van der Waals surface area contributed by atoms with Gasteiger partial charge in [0.25, 0.3) is 5.56 Å². The van der Waals surface area contributed by atoms with E-state index < -0.39 is 0 Å². The molecule has 1 aliphatic carbocycles. The van der Waals surface area contributed by atoms with Gasteiger partial charge in [-0.3, -0.25) is 4.79 Å². The summed E-state index contributed by atoms with van der Waals surface area (Å²) in [6, 6.07) is 2.33. The van der Waals surface area contributed by atoms with Crippen LogP contribution in [-0.2, 0) is 0 Å². The summed E-state index contributed by atoms with van der Waals surface area (Å²) in [4.78, 5) is 11.5. The molecular formula is C9H10BrNO. The van der Waals surface area contributed by atoms with E-state index in [2.05, 4.69) is 15.9 Å². The van der Waals surface area contributed by atoms with E-state index in [1.807, 2.05) is 23.8 Å². The molecule has 1 fully saturated rings. The van der Waals surface area contributed by atoms with Crippen molar-refractivity contribution in [3.63, 3.8) is 0 Å². The van der Waals surface area contributed by atoms with Crippen LogP contribution in [-0.4, -0.2) is 4.57 Å². The van der Waals surface area contributed by atoms with Gasteiger partial charge in [0.15, 0.2) is 0 Å². The highest BCUT2D eigenvalue weighted by molar-refractivity contribution is 9.10. The van der Waals surface area contributed by atoms with Gasteiger partial charge in [-0.25, -0.2) is 0 Å². The first-order valence-corrected chi connectivity index (χ1v) is 4.86. The van der Waals surface area contributed by atoms with Crippen LogP contribution in [0.4, 0.5) is 0 Å². The van der Waals surface area contributed by atoms with E-state index in [1.54, 1.807) is 0 Å². The minimum Gasteiger partial charge on any atom is -0.311 e. The Balaban J connectivity index is 2.58. The van der Waals surface area contributed by atoms with Gasteiger partial charge in [0.05, 0.1) is 0 Å². The zero-order valence-electron chi connectivity index (χ0n) is 6.88. The molecule has 1 aromatic heterocycles. The molecule has 2 nitrogen and oxygen atoms in total. The van der Waals surface area contributed by atoms with Gasteiger partial charge in [-0.15, -0.1) is 0 Å². The van der Waals surface area contributed by atoms with Crippen molar-refractivity contribution in [1.29, 1.82) is 0 Å². The summed E-state index contributed by atoms with van der Waals surface area (Å²) in [5, 5.41) is 0. The van der Waals surface area contributed by atoms with Crippen molar-refractivity contribution >= 4 is 15.9 Å². The Labute approximate surface area is 79.3 Å². The van der Waals surface area contributed by atoms with E-state index in [0.29, 0.717) is 6.04 Å². The van der Waals surface area contributed by atoms with Crippen molar-refractivity contribution in [2.45, 2.75) is 25.8 Å². The molecule has 2 rings (SSSR count). The van der Waals surface area contributed by atoms with Crippen molar-refractivity contribution in [1.82, 2.24) is 4.57 Å². The molecular weight excluding hydrogens is 218 g/mol. The number of hydrogen-bond donors (Lipinski definition) is 0. The molecule has 1 aliphatic rings. The predicted octanol–water partition coefficient (Wildman–Crippen LogP) is 2.25. The van der Waals surface area contributed by atoms with Crippen molar-refractivity contribution in [3.05, 3.63) is 32.7 Å². The fraction of sp³-hybridized carbons (Fsp3) is 0.444. The lowest BCUT2D eigenvalue weighted by molar-refractivity contribution is 0.699. The van der Waals surface area contributed by atoms with E-state index >= 15 is 0 Å². The lowest BCUT2D eigenvalue weighted by Gasteiger charge is -2.04. The number of pyridine rings is 1. The van der Waals surface area contributed by atoms with Crippen LogP contribution < -0.4 is 5.56 Å². The summed E-state index contributed by atoms with van der Waals surface area (Å²) in [7, 11) is 0. The molecule has 0 radical (unpaired) electrons. The van der Waals surface area contributed by atoms with E-state index in [1.165, 1.54) is 0 Å². The standard InChI is InChI=1S/C9H10BrNO/c1-6-4-7(10)5-11(9(6)12)8-2-3-8/h4-5,8H,2-3H2,1H3. The molecule has 0 spiro atoms. The molecule has 12 heavy (non-hydrogen) atoms. The van der Waals surface area contributed by atoms with E-state index in [0.717, 1.165) is 22.9 Å². The smallest absolute Gasteiger partial charge is 0.253 e. The minimum atomic E-state index is 0.153. The highest BCUT2D eigenvalue weighted by Crippen LogP contribution is 2.33. The van der Waals surface area contributed by atoms with Gasteiger partial charge in [-0.05, 0) is 41.8 Å². The molecule has 0 atom stereocenters. The van der Waals surface area contributed by atoms with Crippen molar-refractivity contribution in [2.24, 2.45) is 0 Å². The van der Waals surface area contributed by atoms with Gasteiger partial charge in [0.1, 0.15) is 0 Å². The summed E-state index contributed by atoms with van der Waals surface area (Å²) in [6.45, 7) is 1.85. The maximum Gasteiger partial charge on any atom is 0.253 e. The molecule has 0 aromatic carbocycles. The van der Waals surface area contributed by atoms with Gasteiger partial charge in [-0.1, -0.05) is 0 Å². The van der Waals surface area contributed by atoms with Crippen LogP contribution >= 0.6 is 15.9 Å². The Bertz CT molecular complexity index is 365. The molecule has 0 N–H and O–H groups in total. The summed E-state index contributed by atoms with van der Waals surface area (Å²) in [5.74, 6) is 0. The summed E-state index contributed by atoms with van der Waals surface area (Å²) in [5.41, 5.74) is 0.969. The van der Waals surface area contributed by atoms with E-state index in [9.17, 15) is 4.79 Å². The van der Waals surface area contributed by atoms with Crippen LogP contribution in [0.1, 0.15) is 24.4 Å². The Kier molecular flexibility index (Phi) is 1.83. The first-order chi connectivity index (χ1) is 5.68. The SMILES string of the molecule is Cc1cc(Br)cn(C2CC2)c1=O. The van der Waals surface area contributed by atoms with Crippen molar-refractivity contribution < 1.29 is 0 Å². The summed E-state index contributed by atoms with van der Waals surface area (Å²) in [6.07, 6.45) is 4.18. The Hall–Kier alpha value is -0.570. The molecule has 64 valence electrons. The molecule has 0 unspecified atom stereocenters. The summed E-state index contributed by atoms with van der Waals surface area (Å²) >= 11 is 3.38. The van der Waals surface area contributed by atoms with Crippen LogP contribution in [0.5, 0.6) is 0 Å². The van der Waals surface area contributed by atoms with Crippen LogP contribution in [0.15, 0.2) is 21.5 Å². The Morgan fingerprint density at radius 2 is 2.25 bits per heavy atom. The monoisotopic (exact) mass is 227 g/mol. The molecule has 1 saturated carbocycles. The largest absolute Gasteiger partial charge is 0.311 e. The molecule has 0 bridgehead atoms. The molecule has 1 aromatic rings. The van der Waals surface area contributed by atoms with Gasteiger partial charge < -0.3 is 4.57 Å². The number of nitrogens with zero attached hydrogens (tertiary/aromatic N) is 1. The van der Waals surface area contributed by atoms with Crippen LogP contribution in [0.3, 0.4) is 0 Å². The first kappa shape index (κ1) is 8.05. The fourth-order valence-corrected chi connectivity index (χ4v) is 1.89. The predicted molar refractivity (Wildman–Crippen MR) is 51.4 cm³/mol. The van der Waals surface area contributed by atoms with Crippen molar-refractivity contribution in [3.8, 4) is 0 Å². The minimum absolute atomic E-state index is 0.153. The van der Waals surface area contributed by atoms with E-state index in [-0.39, 0.29) is 5.56 Å². The highest BCUT2D eigenvalue weighted by Gasteiger charge is 2.24. The van der Waals surface area contributed by atoms with Crippen LogP contribution in [0.25, 0.3) is 0 Å². The Morgan fingerprint density at radius 1 is 1.58 bits per heavy atom. The normalized spacial score (nSPS) is 16.5. The third kappa shape index (κ3) is 1.33. The zero-order chi connectivity index (χ0) is 8.72. The average Bonchev–Trinajstić information content (AvgIpc) is 2.79. The third-order valence-corrected chi connectivity index (χ3v) is 2.56. The second-order valence-electron chi connectivity index (χ2n) is 3.28. The maximum atomic E-state index is 11.5. The number of aryl methyl sites for hydroxylation is 1. The maximum absolute atomic E-state index is 11.5. The second-order valence-corrected chi connectivity index (χ2v) is 4.20. The third-order valence-electron chi connectivity index (χ3n) is 2.13. The van der Waals surface area contributed by atoms with Gasteiger partial charge >= 0.3 is 0 Å². The topological polar surface area (TPSA) is 22.0 Å². The lowest BCUT2D eigenvalue weighted by atomic mass is 10.3. The second kappa shape index (κ2) is 2.73. The first-order valence-electron chi connectivity index (χ1n) is 4.07. The number of halogens is 1. The highest BCUT2D eigenvalue weighted by atomic mass is 79.9. The molecule has 3 heteroatoms. The van der Waals surface area contributed by atoms with E-state index in [4.69, 9.17) is 0 Å². The fourth-order valence-electron chi connectivity index (χ4n) is 1.32. The molecule has 1 heterocycles. The molecule has 0 amide bonds. The summed E-state index contributed by atoms with van der Waals surface area (Å²) < 4.78 is 2.82. The number of hydrogen-bond acceptors (Lipinski definition) is 1. The van der Waals surface area contributed by atoms with Gasteiger partial charge in [0, 0.05) is 22.3 Å². The lowest BCUT2D eigenvalue weighted by Crippen LogP contribution is -2.20. The van der Waals surface area contributed by atoms with Crippen LogP contribution in [0.2, 0.25) is 0 Å². The average molecular weight is 228 g/mol. The van der Waals surface area contributed by atoms with Crippen LogP contribution in [0, 0.1) is 6.92 Å². The molecule has 0 aliphatic heterocycles. The zero-order valence-corrected chi connectivity index (χ0v) is 8.47.